The van der Waals surface area contributed by atoms with Crippen molar-refractivity contribution in [3.05, 3.63) is 74.7 Å². The van der Waals surface area contributed by atoms with E-state index in [4.69, 9.17) is 0 Å². The van der Waals surface area contributed by atoms with Gasteiger partial charge >= 0.3 is 0 Å². The fourth-order valence-corrected chi connectivity index (χ4v) is 2.46. The van der Waals surface area contributed by atoms with Crippen LogP contribution in [0.15, 0.2) is 41.5 Å². The van der Waals surface area contributed by atoms with Crippen molar-refractivity contribution in [2.24, 2.45) is 0 Å². The largest absolute Gasteiger partial charge is 0.359 e. The highest BCUT2D eigenvalue weighted by Gasteiger charge is 2.16. The van der Waals surface area contributed by atoms with Crippen LogP contribution in [-0.2, 0) is 0 Å². The molecule has 4 nitrogen and oxygen atoms in total. The Morgan fingerprint density at radius 1 is 1.05 bits per heavy atom. The van der Waals surface area contributed by atoms with Crippen molar-refractivity contribution in [3.63, 3.8) is 0 Å². The van der Waals surface area contributed by atoms with Crippen LogP contribution in [0.5, 0.6) is 0 Å². The van der Waals surface area contributed by atoms with Gasteiger partial charge in [0.2, 0.25) is 5.43 Å². The number of aromatic amines is 1. The Bertz CT molecular complexity index is 955. The average molecular weight is 292 g/mol. The van der Waals surface area contributed by atoms with E-state index in [-0.39, 0.29) is 16.8 Å². The maximum atomic E-state index is 12.6. The molecule has 0 saturated heterocycles. The summed E-state index contributed by atoms with van der Waals surface area (Å²) < 4.78 is 0. The standard InChI is InChI=1S/C18H16N2O2/c1-10-4-5-13(8-12(10)3)17(21)14-9-20-15-11(2)6-7-19-16(15)18(14)22/h4-9H,1-3H3,(H,20,22). The number of aryl methyl sites for hydroxylation is 3. The average Bonchev–Trinajstić information content (AvgIpc) is 2.51. The Hall–Kier alpha value is -2.75. The molecule has 2 heterocycles. The first kappa shape index (κ1) is 14.2. The second-order valence-electron chi connectivity index (χ2n) is 5.51. The number of hydrogen-bond acceptors (Lipinski definition) is 3. The summed E-state index contributed by atoms with van der Waals surface area (Å²) in [5, 5.41) is 0. The van der Waals surface area contributed by atoms with Crippen molar-refractivity contribution in [1.82, 2.24) is 9.97 Å². The molecule has 3 rings (SSSR count). The van der Waals surface area contributed by atoms with Crippen molar-refractivity contribution in [2.45, 2.75) is 20.8 Å². The number of ketones is 1. The van der Waals surface area contributed by atoms with E-state index in [0.717, 1.165) is 16.7 Å². The van der Waals surface area contributed by atoms with Crippen LogP contribution in [0.3, 0.4) is 0 Å². The van der Waals surface area contributed by atoms with Gasteiger partial charge in [-0.15, -0.1) is 0 Å². The Balaban J connectivity index is 2.18. The summed E-state index contributed by atoms with van der Waals surface area (Å²) >= 11 is 0. The third-order valence-electron chi connectivity index (χ3n) is 3.99. The van der Waals surface area contributed by atoms with Gasteiger partial charge in [0.05, 0.1) is 11.1 Å². The predicted molar refractivity (Wildman–Crippen MR) is 86.4 cm³/mol. The van der Waals surface area contributed by atoms with Crippen LogP contribution in [0.2, 0.25) is 0 Å². The Morgan fingerprint density at radius 3 is 2.55 bits per heavy atom. The topological polar surface area (TPSA) is 62.8 Å². The number of hydrogen-bond donors (Lipinski definition) is 1. The lowest BCUT2D eigenvalue weighted by Crippen LogP contribution is -2.18. The lowest BCUT2D eigenvalue weighted by Gasteiger charge is -2.06. The molecule has 0 radical (unpaired) electrons. The molecule has 0 aliphatic heterocycles. The van der Waals surface area contributed by atoms with Gasteiger partial charge in [0.1, 0.15) is 5.52 Å². The Kier molecular flexibility index (Phi) is 3.37. The highest BCUT2D eigenvalue weighted by atomic mass is 16.1. The summed E-state index contributed by atoms with van der Waals surface area (Å²) in [7, 11) is 0. The fraction of sp³-hybridized carbons (Fsp3) is 0.167. The van der Waals surface area contributed by atoms with Crippen LogP contribution in [0, 0.1) is 20.8 Å². The van der Waals surface area contributed by atoms with E-state index in [0.29, 0.717) is 16.6 Å². The zero-order valence-electron chi connectivity index (χ0n) is 12.7. The van der Waals surface area contributed by atoms with E-state index >= 15 is 0 Å². The minimum Gasteiger partial charge on any atom is -0.359 e. The van der Waals surface area contributed by atoms with Gasteiger partial charge < -0.3 is 4.98 Å². The van der Waals surface area contributed by atoms with Crippen molar-refractivity contribution >= 4 is 16.8 Å². The van der Waals surface area contributed by atoms with E-state index in [2.05, 4.69) is 9.97 Å². The minimum absolute atomic E-state index is 0.119. The zero-order chi connectivity index (χ0) is 15.9. The van der Waals surface area contributed by atoms with Crippen molar-refractivity contribution in [2.75, 3.05) is 0 Å². The van der Waals surface area contributed by atoms with Gasteiger partial charge in [0.25, 0.3) is 0 Å². The molecule has 110 valence electrons. The molecule has 0 amide bonds. The molecule has 1 aromatic carbocycles. The summed E-state index contributed by atoms with van der Waals surface area (Å²) in [5.74, 6) is -0.283. The molecule has 0 fully saturated rings. The summed E-state index contributed by atoms with van der Waals surface area (Å²) in [6.45, 7) is 5.82. The van der Waals surface area contributed by atoms with E-state index in [1.807, 2.05) is 39.0 Å². The van der Waals surface area contributed by atoms with Crippen LogP contribution >= 0.6 is 0 Å². The quantitative estimate of drug-likeness (QED) is 0.738. The summed E-state index contributed by atoms with van der Waals surface area (Å²) in [4.78, 5) is 32.3. The monoisotopic (exact) mass is 292 g/mol. The first-order valence-corrected chi connectivity index (χ1v) is 7.08. The number of benzene rings is 1. The molecule has 0 atom stereocenters. The number of carbonyl (C=O) groups excluding carboxylic acids is 1. The third kappa shape index (κ3) is 2.22. The van der Waals surface area contributed by atoms with E-state index in [1.165, 1.54) is 6.20 Å². The van der Waals surface area contributed by atoms with Gasteiger partial charge in [-0.05, 0) is 49.6 Å². The number of pyridine rings is 2. The number of rotatable bonds is 2. The highest BCUT2D eigenvalue weighted by Crippen LogP contribution is 2.15. The minimum atomic E-state index is -0.333. The molecular weight excluding hydrogens is 276 g/mol. The number of fused-ring (bicyclic) bond motifs is 1. The summed E-state index contributed by atoms with van der Waals surface area (Å²) in [6.07, 6.45) is 3.06. The van der Waals surface area contributed by atoms with Crippen LogP contribution in [0.4, 0.5) is 0 Å². The van der Waals surface area contributed by atoms with Crippen LogP contribution in [0.25, 0.3) is 11.0 Å². The summed E-state index contributed by atoms with van der Waals surface area (Å²) in [6, 6.07) is 7.27. The number of carbonyl (C=O) groups is 1. The van der Waals surface area contributed by atoms with Gasteiger partial charge in [-0.3, -0.25) is 14.6 Å². The smallest absolute Gasteiger partial charge is 0.218 e. The summed E-state index contributed by atoms with van der Waals surface area (Å²) in [5.41, 5.74) is 4.33. The van der Waals surface area contributed by atoms with Crippen LogP contribution in [-0.4, -0.2) is 15.8 Å². The van der Waals surface area contributed by atoms with Crippen molar-refractivity contribution < 1.29 is 4.79 Å². The lowest BCUT2D eigenvalue weighted by molar-refractivity contribution is 0.103. The molecule has 0 saturated carbocycles. The van der Waals surface area contributed by atoms with E-state index in [1.54, 1.807) is 12.3 Å². The molecule has 22 heavy (non-hydrogen) atoms. The normalized spacial score (nSPS) is 10.9. The molecule has 4 heteroatoms. The van der Waals surface area contributed by atoms with Gasteiger partial charge in [-0.25, -0.2) is 0 Å². The first-order chi connectivity index (χ1) is 10.5. The molecule has 1 N–H and O–H groups in total. The van der Waals surface area contributed by atoms with E-state index < -0.39 is 0 Å². The molecule has 0 aliphatic carbocycles. The van der Waals surface area contributed by atoms with Crippen LogP contribution < -0.4 is 5.43 Å². The van der Waals surface area contributed by atoms with Gasteiger partial charge in [0, 0.05) is 18.0 Å². The number of H-pyrrole nitrogens is 1. The van der Waals surface area contributed by atoms with Crippen molar-refractivity contribution in [1.29, 1.82) is 0 Å². The number of aromatic nitrogens is 2. The second-order valence-corrected chi connectivity index (χ2v) is 5.51. The maximum absolute atomic E-state index is 12.6. The van der Waals surface area contributed by atoms with Crippen LogP contribution in [0.1, 0.15) is 32.6 Å². The maximum Gasteiger partial charge on any atom is 0.218 e. The SMILES string of the molecule is Cc1ccc(C(=O)c2c[nH]c3c(C)ccnc3c2=O)cc1C. The molecule has 0 unspecified atom stereocenters. The third-order valence-corrected chi connectivity index (χ3v) is 3.99. The number of nitrogens with one attached hydrogen (secondary N) is 1. The first-order valence-electron chi connectivity index (χ1n) is 7.08. The molecular formula is C18H16N2O2. The molecule has 0 bridgehead atoms. The van der Waals surface area contributed by atoms with Gasteiger partial charge in [-0.1, -0.05) is 12.1 Å². The highest BCUT2D eigenvalue weighted by molar-refractivity contribution is 6.10. The second kappa shape index (κ2) is 5.22. The molecule has 0 aliphatic rings. The van der Waals surface area contributed by atoms with Crippen molar-refractivity contribution in [3.8, 4) is 0 Å². The fourth-order valence-electron chi connectivity index (χ4n) is 2.46. The molecule has 3 aromatic rings. The zero-order valence-corrected chi connectivity index (χ0v) is 12.7. The lowest BCUT2D eigenvalue weighted by atomic mass is 9.99. The molecule has 0 spiro atoms. The Morgan fingerprint density at radius 2 is 1.82 bits per heavy atom. The van der Waals surface area contributed by atoms with E-state index in [9.17, 15) is 9.59 Å². The Labute approximate surface area is 127 Å². The number of nitrogens with zero attached hydrogens (tertiary/aromatic N) is 1. The molecule has 2 aromatic heterocycles. The predicted octanol–water partition coefficient (Wildman–Crippen LogP) is 3.08. The van der Waals surface area contributed by atoms with Gasteiger partial charge in [0.15, 0.2) is 5.78 Å². The van der Waals surface area contributed by atoms with Gasteiger partial charge in [-0.2, -0.15) is 0 Å².